The first-order valence-corrected chi connectivity index (χ1v) is 7.37. The van der Waals surface area contributed by atoms with E-state index in [0.717, 1.165) is 6.54 Å². The van der Waals surface area contributed by atoms with E-state index in [-0.39, 0.29) is 11.5 Å². The van der Waals surface area contributed by atoms with Gasteiger partial charge in [-0.15, -0.1) is 0 Å². The fourth-order valence-corrected chi connectivity index (χ4v) is 2.79. The molecule has 0 aromatic rings. The molecule has 0 aromatic heterocycles. The Balaban J connectivity index is 2.37. The molecule has 0 radical (unpaired) electrons. The number of rotatable bonds is 2. The van der Waals surface area contributed by atoms with Crippen LogP contribution in [0.2, 0.25) is 0 Å². The lowest BCUT2D eigenvalue weighted by Gasteiger charge is -2.29. The van der Waals surface area contributed by atoms with Gasteiger partial charge in [-0.1, -0.05) is 13.8 Å². The monoisotopic (exact) mass is 250 g/mol. The Kier molecular flexibility index (Phi) is 4.33. The van der Waals surface area contributed by atoms with Crippen LogP contribution in [-0.2, 0) is 9.84 Å². The zero-order valence-electron chi connectivity index (χ0n) is 9.19. The lowest BCUT2D eigenvalue weighted by atomic mass is 10.2. The second kappa shape index (κ2) is 5.12. The van der Waals surface area contributed by atoms with E-state index < -0.39 is 9.84 Å². The third-order valence-electron chi connectivity index (χ3n) is 2.29. The highest BCUT2D eigenvalue weighted by atomic mass is 32.2. The Hall–Kier alpha value is -0.360. The molecule has 0 bridgehead atoms. The Morgan fingerprint density at radius 2 is 1.93 bits per heavy atom. The van der Waals surface area contributed by atoms with E-state index in [4.69, 9.17) is 12.2 Å². The number of nitrogens with one attached hydrogen (secondary N) is 1. The third kappa shape index (κ3) is 4.34. The van der Waals surface area contributed by atoms with Gasteiger partial charge in [-0.3, -0.25) is 0 Å². The summed E-state index contributed by atoms with van der Waals surface area (Å²) in [7, 11) is -2.81. The van der Waals surface area contributed by atoms with Gasteiger partial charge in [-0.25, -0.2) is 8.42 Å². The van der Waals surface area contributed by atoms with Gasteiger partial charge < -0.3 is 10.2 Å². The summed E-state index contributed by atoms with van der Waals surface area (Å²) >= 11 is 5.19. The SMILES string of the molecule is CC(C)CNC(=S)N1CCS(=O)(=O)CC1. The van der Waals surface area contributed by atoms with Gasteiger partial charge in [0.1, 0.15) is 0 Å². The molecule has 6 heteroatoms. The van der Waals surface area contributed by atoms with Crippen LogP contribution in [0.5, 0.6) is 0 Å². The topological polar surface area (TPSA) is 49.4 Å². The van der Waals surface area contributed by atoms with Crippen LogP contribution in [0.4, 0.5) is 0 Å². The summed E-state index contributed by atoms with van der Waals surface area (Å²) in [5.41, 5.74) is 0. The largest absolute Gasteiger partial charge is 0.362 e. The number of thiocarbonyl (C=S) groups is 1. The summed E-state index contributed by atoms with van der Waals surface area (Å²) < 4.78 is 22.4. The highest BCUT2D eigenvalue weighted by Gasteiger charge is 2.22. The van der Waals surface area contributed by atoms with E-state index in [1.54, 1.807) is 0 Å². The molecule has 15 heavy (non-hydrogen) atoms. The van der Waals surface area contributed by atoms with Crippen molar-refractivity contribution >= 4 is 27.2 Å². The van der Waals surface area contributed by atoms with Crippen molar-refractivity contribution in [3.8, 4) is 0 Å². The van der Waals surface area contributed by atoms with Gasteiger partial charge in [0, 0.05) is 19.6 Å². The number of hydrogen-bond acceptors (Lipinski definition) is 3. The molecule has 4 nitrogen and oxygen atoms in total. The van der Waals surface area contributed by atoms with Gasteiger partial charge in [-0.05, 0) is 18.1 Å². The molecule has 1 rings (SSSR count). The predicted molar refractivity (Wildman–Crippen MR) is 65.7 cm³/mol. The highest BCUT2D eigenvalue weighted by Crippen LogP contribution is 2.04. The summed E-state index contributed by atoms with van der Waals surface area (Å²) in [6.45, 7) is 6.09. The molecular weight excluding hydrogens is 232 g/mol. The Morgan fingerprint density at radius 1 is 1.40 bits per heavy atom. The number of nitrogens with zero attached hydrogens (tertiary/aromatic N) is 1. The van der Waals surface area contributed by atoms with E-state index in [0.29, 0.717) is 24.1 Å². The first-order valence-electron chi connectivity index (χ1n) is 5.14. The standard InChI is InChI=1S/C9H18N2O2S2/c1-8(2)7-10-9(14)11-3-5-15(12,13)6-4-11/h8H,3-7H2,1-2H3,(H,10,14). The van der Waals surface area contributed by atoms with Crippen LogP contribution < -0.4 is 5.32 Å². The van der Waals surface area contributed by atoms with Crippen LogP contribution >= 0.6 is 12.2 Å². The van der Waals surface area contributed by atoms with Crippen molar-refractivity contribution in [2.24, 2.45) is 5.92 Å². The molecule has 1 aliphatic rings. The van der Waals surface area contributed by atoms with Crippen LogP contribution in [-0.4, -0.2) is 49.6 Å². The van der Waals surface area contributed by atoms with Crippen LogP contribution in [0, 0.1) is 5.92 Å². The average Bonchev–Trinajstić information content (AvgIpc) is 2.14. The molecule has 88 valence electrons. The van der Waals surface area contributed by atoms with E-state index in [1.165, 1.54) is 0 Å². The molecule has 0 unspecified atom stereocenters. The zero-order chi connectivity index (χ0) is 11.5. The Morgan fingerprint density at radius 3 is 2.40 bits per heavy atom. The molecule has 0 spiro atoms. The number of sulfone groups is 1. The molecular formula is C9H18N2O2S2. The fraction of sp³-hybridized carbons (Fsp3) is 0.889. The van der Waals surface area contributed by atoms with Gasteiger partial charge in [0.05, 0.1) is 11.5 Å². The molecule has 0 atom stereocenters. The molecule has 1 saturated heterocycles. The lowest BCUT2D eigenvalue weighted by Crippen LogP contribution is -2.48. The maximum Gasteiger partial charge on any atom is 0.169 e. The number of hydrogen-bond donors (Lipinski definition) is 1. The van der Waals surface area contributed by atoms with Gasteiger partial charge in [0.2, 0.25) is 0 Å². The summed E-state index contributed by atoms with van der Waals surface area (Å²) in [6, 6.07) is 0. The Labute approximate surface area is 96.9 Å². The second-order valence-corrected chi connectivity index (χ2v) is 6.91. The molecule has 1 heterocycles. The van der Waals surface area contributed by atoms with E-state index in [2.05, 4.69) is 19.2 Å². The second-order valence-electron chi connectivity index (χ2n) is 4.22. The van der Waals surface area contributed by atoms with Crippen molar-refractivity contribution < 1.29 is 8.42 Å². The summed E-state index contributed by atoms with van der Waals surface area (Å²) in [5, 5.41) is 3.82. The van der Waals surface area contributed by atoms with Crippen molar-refractivity contribution in [1.29, 1.82) is 0 Å². The minimum atomic E-state index is -2.81. The van der Waals surface area contributed by atoms with E-state index >= 15 is 0 Å². The molecule has 0 amide bonds. The predicted octanol–water partition coefficient (Wildman–Crippen LogP) is 0.247. The maximum atomic E-state index is 11.2. The molecule has 1 N–H and O–H groups in total. The van der Waals surface area contributed by atoms with E-state index in [9.17, 15) is 8.42 Å². The molecule has 0 saturated carbocycles. The smallest absolute Gasteiger partial charge is 0.169 e. The maximum absolute atomic E-state index is 11.2. The van der Waals surface area contributed by atoms with Gasteiger partial charge >= 0.3 is 0 Å². The quantitative estimate of drug-likeness (QED) is 0.712. The van der Waals surface area contributed by atoms with Crippen LogP contribution in [0.3, 0.4) is 0 Å². The fourth-order valence-electron chi connectivity index (χ4n) is 1.32. The van der Waals surface area contributed by atoms with E-state index in [1.807, 2.05) is 4.90 Å². The molecule has 0 aliphatic carbocycles. The first kappa shape index (κ1) is 12.7. The summed E-state index contributed by atoms with van der Waals surface area (Å²) in [4.78, 5) is 1.93. The normalized spacial score (nSPS) is 20.3. The van der Waals surface area contributed by atoms with Gasteiger partial charge in [0.25, 0.3) is 0 Å². The minimum Gasteiger partial charge on any atom is -0.362 e. The Bertz CT molecular complexity index is 311. The summed E-state index contributed by atoms with van der Waals surface area (Å²) in [5.74, 6) is 0.976. The zero-order valence-corrected chi connectivity index (χ0v) is 10.8. The molecule has 1 aliphatic heterocycles. The van der Waals surface area contributed by atoms with Crippen molar-refractivity contribution in [3.05, 3.63) is 0 Å². The van der Waals surface area contributed by atoms with Crippen molar-refractivity contribution in [2.75, 3.05) is 31.1 Å². The van der Waals surface area contributed by atoms with Crippen LogP contribution in [0.1, 0.15) is 13.8 Å². The first-order chi connectivity index (χ1) is 6.91. The minimum absolute atomic E-state index is 0.219. The van der Waals surface area contributed by atoms with Gasteiger partial charge in [0.15, 0.2) is 14.9 Å². The van der Waals surface area contributed by atoms with Crippen molar-refractivity contribution in [2.45, 2.75) is 13.8 Å². The van der Waals surface area contributed by atoms with Crippen LogP contribution in [0.25, 0.3) is 0 Å². The molecule has 1 fully saturated rings. The third-order valence-corrected chi connectivity index (χ3v) is 4.30. The highest BCUT2D eigenvalue weighted by molar-refractivity contribution is 7.91. The van der Waals surface area contributed by atoms with Gasteiger partial charge in [-0.2, -0.15) is 0 Å². The summed E-state index contributed by atoms with van der Waals surface area (Å²) in [6.07, 6.45) is 0. The van der Waals surface area contributed by atoms with Crippen molar-refractivity contribution in [1.82, 2.24) is 10.2 Å². The van der Waals surface area contributed by atoms with Crippen LogP contribution in [0.15, 0.2) is 0 Å². The lowest BCUT2D eigenvalue weighted by molar-refractivity contribution is 0.431. The molecule has 0 aromatic carbocycles. The average molecular weight is 250 g/mol. The van der Waals surface area contributed by atoms with Crippen molar-refractivity contribution in [3.63, 3.8) is 0 Å².